The molecule has 0 bridgehead atoms. The van der Waals surface area contributed by atoms with E-state index in [0.29, 0.717) is 37.1 Å². The van der Waals surface area contributed by atoms with Crippen molar-refractivity contribution < 1.29 is 9.59 Å². The van der Waals surface area contributed by atoms with Gasteiger partial charge in [-0.2, -0.15) is 0 Å². The van der Waals surface area contributed by atoms with Gasteiger partial charge in [-0.3, -0.25) is 19.0 Å². The number of thiophene rings is 1. The average Bonchev–Trinajstić information content (AvgIpc) is 3.19. The molecule has 0 N–H and O–H groups in total. The van der Waals surface area contributed by atoms with Crippen molar-refractivity contribution >= 4 is 50.0 Å². The number of benzene rings is 1. The van der Waals surface area contributed by atoms with Gasteiger partial charge in [-0.25, -0.2) is 4.98 Å². The van der Waals surface area contributed by atoms with Crippen LogP contribution >= 0.6 is 27.3 Å². The molecule has 1 aliphatic rings. The van der Waals surface area contributed by atoms with Gasteiger partial charge in [-0.1, -0.05) is 15.9 Å². The van der Waals surface area contributed by atoms with E-state index >= 15 is 0 Å². The molecule has 3 heterocycles. The Morgan fingerprint density at radius 1 is 1.10 bits per heavy atom. The number of carbonyl (C=O) groups excluding carboxylic acids is 2. The van der Waals surface area contributed by atoms with Crippen LogP contribution in [0.2, 0.25) is 0 Å². The molecule has 1 aromatic carbocycles. The van der Waals surface area contributed by atoms with Crippen LogP contribution in [0.5, 0.6) is 0 Å². The summed E-state index contributed by atoms with van der Waals surface area (Å²) in [5.74, 6) is 0.00968. The fourth-order valence-electron chi connectivity index (χ4n) is 3.53. The van der Waals surface area contributed by atoms with Crippen molar-refractivity contribution in [2.24, 2.45) is 0 Å². The number of fused-ring (bicyclic) bond motifs is 1. The van der Waals surface area contributed by atoms with Gasteiger partial charge in [0.1, 0.15) is 0 Å². The van der Waals surface area contributed by atoms with Gasteiger partial charge in [-0.05, 0) is 37.3 Å². The molecule has 0 aliphatic carbocycles. The van der Waals surface area contributed by atoms with E-state index in [2.05, 4.69) is 20.9 Å². The normalized spacial score (nSPS) is 14.3. The quantitative estimate of drug-likeness (QED) is 0.565. The van der Waals surface area contributed by atoms with Crippen molar-refractivity contribution in [3.05, 3.63) is 61.2 Å². The summed E-state index contributed by atoms with van der Waals surface area (Å²) >= 11 is 4.86. The molecule has 1 saturated heterocycles. The van der Waals surface area contributed by atoms with Crippen molar-refractivity contribution in [1.82, 2.24) is 19.4 Å². The molecule has 2 aromatic heterocycles. The molecular formula is C21H21BrN4O3S. The lowest BCUT2D eigenvalue weighted by Crippen LogP contribution is -2.50. The predicted octanol–water partition coefficient (Wildman–Crippen LogP) is 2.90. The van der Waals surface area contributed by atoms with Crippen molar-refractivity contribution in [2.75, 3.05) is 26.2 Å². The van der Waals surface area contributed by atoms with E-state index in [4.69, 9.17) is 0 Å². The molecule has 9 heteroatoms. The van der Waals surface area contributed by atoms with Gasteiger partial charge in [0, 0.05) is 48.5 Å². The van der Waals surface area contributed by atoms with Crippen molar-refractivity contribution in [3.63, 3.8) is 0 Å². The highest BCUT2D eigenvalue weighted by Gasteiger charge is 2.25. The van der Waals surface area contributed by atoms with E-state index in [9.17, 15) is 14.4 Å². The first kappa shape index (κ1) is 20.7. The minimum Gasteiger partial charge on any atom is -0.339 e. The molecule has 0 spiro atoms. The Labute approximate surface area is 186 Å². The van der Waals surface area contributed by atoms with Crippen LogP contribution in [0.1, 0.15) is 21.0 Å². The predicted molar refractivity (Wildman–Crippen MR) is 120 cm³/mol. The van der Waals surface area contributed by atoms with E-state index in [1.54, 1.807) is 21.9 Å². The van der Waals surface area contributed by atoms with Crippen LogP contribution in [0, 0.1) is 6.92 Å². The fourth-order valence-corrected chi connectivity index (χ4v) is 4.73. The highest BCUT2D eigenvalue weighted by atomic mass is 79.9. The number of halogens is 1. The number of carbonyl (C=O) groups is 2. The van der Waals surface area contributed by atoms with Crippen LogP contribution < -0.4 is 5.56 Å². The third-order valence-corrected chi connectivity index (χ3v) is 6.71. The van der Waals surface area contributed by atoms with Crippen molar-refractivity contribution in [1.29, 1.82) is 0 Å². The average molecular weight is 489 g/mol. The Hall–Kier alpha value is -2.52. The first-order valence-corrected chi connectivity index (χ1v) is 11.3. The molecule has 0 radical (unpaired) electrons. The van der Waals surface area contributed by atoms with Crippen LogP contribution in [0.3, 0.4) is 0 Å². The number of piperazine rings is 1. The summed E-state index contributed by atoms with van der Waals surface area (Å²) in [6, 6.07) is 9.17. The summed E-state index contributed by atoms with van der Waals surface area (Å²) in [6.45, 7) is 4.31. The number of nitrogens with zero attached hydrogens (tertiary/aromatic N) is 4. The van der Waals surface area contributed by atoms with Gasteiger partial charge < -0.3 is 9.80 Å². The maximum Gasteiger partial charge on any atom is 0.264 e. The number of hydrogen-bond acceptors (Lipinski definition) is 5. The maximum absolute atomic E-state index is 12.7. The molecule has 156 valence electrons. The molecular weight excluding hydrogens is 468 g/mol. The van der Waals surface area contributed by atoms with Crippen LogP contribution in [0.25, 0.3) is 10.9 Å². The minimum atomic E-state index is -0.157. The largest absolute Gasteiger partial charge is 0.339 e. The summed E-state index contributed by atoms with van der Waals surface area (Å²) in [7, 11) is 0. The first-order chi connectivity index (χ1) is 14.4. The lowest BCUT2D eigenvalue weighted by molar-refractivity contribution is -0.132. The summed E-state index contributed by atoms with van der Waals surface area (Å²) in [6.07, 6.45) is 1.71. The van der Waals surface area contributed by atoms with Crippen LogP contribution in [0.15, 0.2) is 45.9 Å². The molecule has 2 amide bonds. The summed E-state index contributed by atoms with van der Waals surface area (Å²) < 4.78 is 2.29. The lowest BCUT2D eigenvalue weighted by atomic mass is 10.2. The molecule has 4 rings (SSSR count). The van der Waals surface area contributed by atoms with Gasteiger partial charge in [0.05, 0.1) is 22.1 Å². The van der Waals surface area contributed by atoms with E-state index in [-0.39, 0.29) is 30.3 Å². The summed E-state index contributed by atoms with van der Waals surface area (Å²) in [4.78, 5) is 47.6. The van der Waals surface area contributed by atoms with E-state index in [0.717, 1.165) is 14.2 Å². The third kappa shape index (κ3) is 4.32. The highest BCUT2D eigenvalue weighted by molar-refractivity contribution is 9.10. The molecule has 0 saturated carbocycles. The molecule has 3 aromatic rings. The van der Waals surface area contributed by atoms with Crippen LogP contribution in [0.4, 0.5) is 0 Å². The molecule has 30 heavy (non-hydrogen) atoms. The van der Waals surface area contributed by atoms with Crippen LogP contribution in [-0.2, 0) is 11.3 Å². The summed E-state index contributed by atoms with van der Waals surface area (Å²) in [5.41, 5.74) is 0.475. The lowest BCUT2D eigenvalue weighted by Gasteiger charge is -2.34. The summed E-state index contributed by atoms with van der Waals surface area (Å²) in [5, 5.41) is 0.523. The zero-order valence-electron chi connectivity index (χ0n) is 16.5. The topological polar surface area (TPSA) is 75.5 Å². The highest BCUT2D eigenvalue weighted by Crippen LogP contribution is 2.18. The Morgan fingerprint density at radius 2 is 1.83 bits per heavy atom. The van der Waals surface area contributed by atoms with Gasteiger partial charge in [0.2, 0.25) is 5.91 Å². The standard InChI is InChI=1S/C21H21BrN4O3S/c1-14-2-5-18(30-14)21(29)25-10-8-24(9-11-25)19(27)6-7-26-13-23-17-4-3-15(22)12-16(17)20(26)28/h2-5,12-13H,6-11H2,1H3. The second kappa shape index (κ2) is 8.69. The second-order valence-corrected chi connectivity index (χ2v) is 9.44. The van der Waals surface area contributed by atoms with Gasteiger partial charge in [0.25, 0.3) is 11.5 Å². The minimum absolute atomic E-state index is 0.0182. The van der Waals surface area contributed by atoms with E-state index < -0.39 is 0 Å². The third-order valence-electron chi connectivity index (χ3n) is 5.22. The molecule has 0 atom stereocenters. The second-order valence-electron chi connectivity index (χ2n) is 7.24. The number of aromatic nitrogens is 2. The Morgan fingerprint density at radius 3 is 2.53 bits per heavy atom. The zero-order valence-corrected chi connectivity index (χ0v) is 18.9. The number of amides is 2. The number of hydrogen-bond donors (Lipinski definition) is 0. The maximum atomic E-state index is 12.7. The number of rotatable bonds is 4. The van der Waals surface area contributed by atoms with E-state index in [1.165, 1.54) is 22.2 Å². The smallest absolute Gasteiger partial charge is 0.264 e. The van der Waals surface area contributed by atoms with Gasteiger partial charge >= 0.3 is 0 Å². The Kier molecular flexibility index (Phi) is 6.01. The van der Waals surface area contributed by atoms with E-state index in [1.807, 2.05) is 25.1 Å². The molecule has 7 nitrogen and oxygen atoms in total. The van der Waals surface area contributed by atoms with Crippen molar-refractivity contribution in [3.8, 4) is 0 Å². The molecule has 1 fully saturated rings. The Balaban J connectivity index is 1.34. The number of aryl methyl sites for hydroxylation is 2. The monoisotopic (exact) mass is 488 g/mol. The fraction of sp³-hybridized carbons (Fsp3) is 0.333. The molecule has 1 aliphatic heterocycles. The first-order valence-electron chi connectivity index (χ1n) is 9.70. The zero-order chi connectivity index (χ0) is 21.3. The van der Waals surface area contributed by atoms with Gasteiger partial charge in [-0.15, -0.1) is 11.3 Å². The Bertz CT molecular complexity index is 1160. The SMILES string of the molecule is Cc1ccc(C(=O)N2CCN(C(=O)CCn3cnc4ccc(Br)cc4c3=O)CC2)s1. The molecule has 0 unspecified atom stereocenters. The van der Waals surface area contributed by atoms with Crippen molar-refractivity contribution in [2.45, 2.75) is 19.9 Å². The van der Waals surface area contributed by atoms with Crippen LogP contribution in [-0.4, -0.2) is 57.3 Å². The van der Waals surface area contributed by atoms with Gasteiger partial charge in [0.15, 0.2) is 0 Å².